The topological polar surface area (TPSA) is 61.9 Å². The van der Waals surface area contributed by atoms with Crippen LogP contribution in [0.3, 0.4) is 0 Å². The first-order chi connectivity index (χ1) is 9.99. The third kappa shape index (κ3) is 5.27. The van der Waals surface area contributed by atoms with Crippen LogP contribution >= 0.6 is 0 Å². The highest BCUT2D eigenvalue weighted by molar-refractivity contribution is 5.84. The van der Waals surface area contributed by atoms with Gasteiger partial charge in [0.1, 0.15) is 6.54 Å². The number of rotatable bonds is 5. The SMILES string of the molecule is C#C[C@H](NC(=O)N1CCCN(CCOC)C(=O)C1)C(C)C. The molecule has 1 fully saturated rings. The number of nitrogens with one attached hydrogen (secondary N) is 1. The molecule has 6 nitrogen and oxygen atoms in total. The van der Waals surface area contributed by atoms with Crippen molar-refractivity contribution in [1.29, 1.82) is 0 Å². The number of carbonyl (C=O) groups is 2. The van der Waals surface area contributed by atoms with Crippen molar-refractivity contribution >= 4 is 11.9 Å². The summed E-state index contributed by atoms with van der Waals surface area (Å²) in [6.07, 6.45) is 6.17. The average molecular weight is 295 g/mol. The highest BCUT2D eigenvalue weighted by Gasteiger charge is 2.26. The largest absolute Gasteiger partial charge is 0.383 e. The van der Waals surface area contributed by atoms with Crippen LogP contribution in [0.2, 0.25) is 0 Å². The molecule has 118 valence electrons. The molecule has 6 heteroatoms. The molecule has 21 heavy (non-hydrogen) atoms. The van der Waals surface area contributed by atoms with Gasteiger partial charge in [0, 0.05) is 26.7 Å². The summed E-state index contributed by atoms with van der Waals surface area (Å²) in [4.78, 5) is 27.6. The molecule has 0 aromatic rings. The van der Waals surface area contributed by atoms with Crippen LogP contribution in [0.15, 0.2) is 0 Å². The molecule has 0 aliphatic carbocycles. The van der Waals surface area contributed by atoms with Crippen LogP contribution in [0.4, 0.5) is 4.79 Å². The van der Waals surface area contributed by atoms with E-state index in [9.17, 15) is 9.59 Å². The second-order valence-corrected chi connectivity index (χ2v) is 5.49. The summed E-state index contributed by atoms with van der Waals surface area (Å²) in [6.45, 7) is 6.25. The van der Waals surface area contributed by atoms with E-state index in [0.29, 0.717) is 26.2 Å². The molecule has 1 aliphatic rings. The molecule has 3 amide bonds. The van der Waals surface area contributed by atoms with Crippen molar-refractivity contribution in [2.45, 2.75) is 26.3 Å². The second kappa shape index (κ2) is 8.53. The lowest BCUT2D eigenvalue weighted by Crippen LogP contribution is -2.48. The Bertz CT molecular complexity index is 403. The molecule has 0 aromatic heterocycles. The summed E-state index contributed by atoms with van der Waals surface area (Å²) in [5.41, 5.74) is 0. The van der Waals surface area contributed by atoms with Crippen molar-refractivity contribution in [2.75, 3.05) is 39.9 Å². The summed E-state index contributed by atoms with van der Waals surface area (Å²) in [6, 6.07) is -0.589. The highest BCUT2D eigenvalue weighted by atomic mass is 16.5. The van der Waals surface area contributed by atoms with Crippen LogP contribution in [0, 0.1) is 18.3 Å². The minimum Gasteiger partial charge on any atom is -0.383 e. The van der Waals surface area contributed by atoms with Gasteiger partial charge in [-0.05, 0) is 12.3 Å². The molecule has 0 spiro atoms. The maximum atomic E-state index is 12.2. The van der Waals surface area contributed by atoms with Gasteiger partial charge >= 0.3 is 6.03 Å². The maximum absolute atomic E-state index is 12.2. The van der Waals surface area contributed by atoms with Crippen molar-refractivity contribution in [3.63, 3.8) is 0 Å². The van der Waals surface area contributed by atoms with Gasteiger partial charge in [0.2, 0.25) is 5.91 Å². The van der Waals surface area contributed by atoms with E-state index in [4.69, 9.17) is 11.2 Å². The van der Waals surface area contributed by atoms with Gasteiger partial charge in [-0.1, -0.05) is 19.8 Å². The van der Waals surface area contributed by atoms with Crippen molar-refractivity contribution in [1.82, 2.24) is 15.1 Å². The third-order valence-corrected chi connectivity index (χ3v) is 3.51. The Morgan fingerprint density at radius 2 is 2.19 bits per heavy atom. The normalized spacial score (nSPS) is 17.4. The second-order valence-electron chi connectivity index (χ2n) is 5.49. The molecule has 0 aromatic carbocycles. The fraction of sp³-hybridized carbons (Fsp3) is 0.733. The quantitative estimate of drug-likeness (QED) is 0.753. The zero-order chi connectivity index (χ0) is 15.8. The van der Waals surface area contributed by atoms with Gasteiger partial charge < -0.3 is 19.9 Å². The van der Waals surface area contributed by atoms with Crippen LogP contribution in [0.25, 0.3) is 0 Å². The van der Waals surface area contributed by atoms with Gasteiger partial charge in [-0.2, -0.15) is 0 Å². The maximum Gasteiger partial charge on any atom is 0.318 e. The Morgan fingerprint density at radius 3 is 2.76 bits per heavy atom. The Kier molecular flexibility index (Phi) is 7.03. The highest BCUT2D eigenvalue weighted by Crippen LogP contribution is 2.07. The van der Waals surface area contributed by atoms with Crippen molar-refractivity contribution in [2.24, 2.45) is 5.92 Å². The Hall–Kier alpha value is -1.74. The van der Waals surface area contributed by atoms with E-state index in [1.807, 2.05) is 13.8 Å². The Morgan fingerprint density at radius 1 is 1.48 bits per heavy atom. The summed E-state index contributed by atoms with van der Waals surface area (Å²) < 4.78 is 4.99. The van der Waals surface area contributed by atoms with E-state index in [2.05, 4.69) is 11.2 Å². The van der Waals surface area contributed by atoms with Crippen molar-refractivity contribution in [3.8, 4) is 12.3 Å². The zero-order valence-electron chi connectivity index (χ0n) is 13.1. The molecule has 1 N–H and O–H groups in total. The number of methoxy groups -OCH3 is 1. The number of terminal acetylenes is 1. The molecule has 0 unspecified atom stereocenters. The summed E-state index contributed by atoms with van der Waals surface area (Å²) in [5.74, 6) is 2.66. The lowest BCUT2D eigenvalue weighted by atomic mass is 10.1. The van der Waals surface area contributed by atoms with E-state index in [0.717, 1.165) is 6.42 Å². The van der Waals surface area contributed by atoms with E-state index in [1.54, 1.807) is 12.0 Å². The number of amides is 3. The molecule has 1 aliphatic heterocycles. The van der Waals surface area contributed by atoms with Crippen LogP contribution in [0.5, 0.6) is 0 Å². The molecule has 0 bridgehead atoms. The van der Waals surface area contributed by atoms with Gasteiger partial charge in [-0.15, -0.1) is 6.42 Å². The van der Waals surface area contributed by atoms with E-state index in [1.165, 1.54) is 4.90 Å². The summed E-state index contributed by atoms with van der Waals surface area (Å²) >= 11 is 0. The Balaban J connectivity index is 2.58. The molecule has 1 atom stereocenters. The number of urea groups is 1. The molecule has 1 heterocycles. The fourth-order valence-electron chi connectivity index (χ4n) is 2.16. The number of carbonyl (C=O) groups excluding carboxylic acids is 2. The third-order valence-electron chi connectivity index (χ3n) is 3.51. The van der Waals surface area contributed by atoms with Gasteiger partial charge in [0.25, 0.3) is 0 Å². The zero-order valence-corrected chi connectivity index (χ0v) is 13.1. The molecule has 1 saturated heterocycles. The van der Waals surface area contributed by atoms with Gasteiger partial charge in [0.05, 0.1) is 12.6 Å². The van der Waals surface area contributed by atoms with Gasteiger partial charge in [-0.3, -0.25) is 4.79 Å². The van der Waals surface area contributed by atoms with Crippen LogP contribution < -0.4 is 5.32 Å². The smallest absolute Gasteiger partial charge is 0.318 e. The minimum atomic E-state index is -0.319. The Labute approximate surface area is 126 Å². The molecular formula is C15H25N3O3. The average Bonchev–Trinajstić information content (AvgIpc) is 2.63. The first kappa shape index (κ1) is 17.3. The summed E-state index contributed by atoms with van der Waals surface area (Å²) in [7, 11) is 1.61. The van der Waals surface area contributed by atoms with Crippen LogP contribution in [-0.4, -0.2) is 67.7 Å². The first-order valence-electron chi connectivity index (χ1n) is 7.27. The number of nitrogens with zero attached hydrogens (tertiary/aromatic N) is 2. The van der Waals surface area contributed by atoms with Crippen LogP contribution in [0.1, 0.15) is 20.3 Å². The number of ether oxygens (including phenoxy) is 1. The fourth-order valence-corrected chi connectivity index (χ4v) is 2.16. The van der Waals surface area contributed by atoms with Crippen molar-refractivity contribution in [3.05, 3.63) is 0 Å². The van der Waals surface area contributed by atoms with Crippen molar-refractivity contribution < 1.29 is 14.3 Å². The van der Waals surface area contributed by atoms with E-state index < -0.39 is 0 Å². The first-order valence-corrected chi connectivity index (χ1v) is 7.27. The van der Waals surface area contributed by atoms with Gasteiger partial charge in [0.15, 0.2) is 0 Å². The standard InChI is InChI=1S/C15H25N3O3/c1-5-13(12(2)3)16-15(20)18-8-6-7-17(9-10-21-4)14(19)11-18/h1,12-13H,6-11H2,2-4H3,(H,16,20)/t13-/m0/s1. The molecule has 0 radical (unpaired) electrons. The lowest BCUT2D eigenvalue weighted by molar-refractivity contribution is -0.131. The number of hydrogen-bond donors (Lipinski definition) is 1. The predicted molar refractivity (Wildman–Crippen MR) is 80.6 cm³/mol. The number of hydrogen-bond acceptors (Lipinski definition) is 3. The van der Waals surface area contributed by atoms with E-state index in [-0.39, 0.29) is 30.4 Å². The monoisotopic (exact) mass is 295 g/mol. The molecule has 0 saturated carbocycles. The lowest BCUT2D eigenvalue weighted by Gasteiger charge is -2.24. The van der Waals surface area contributed by atoms with E-state index >= 15 is 0 Å². The summed E-state index contributed by atoms with van der Waals surface area (Å²) in [5, 5.41) is 2.80. The van der Waals surface area contributed by atoms with Gasteiger partial charge in [-0.25, -0.2) is 4.79 Å². The minimum absolute atomic E-state index is 0.0542. The molecular weight excluding hydrogens is 270 g/mol. The predicted octanol–water partition coefficient (Wildman–Crippen LogP) is 0.535. The van der Waals surface area contributed by atoms with Crippen LogP contribution in [-0.2, 0) is 9.53 Å². The molecule has 1 rings (SSSR count).